The summed E-state index contributed by atoms with van der Waals surface area (Å²) in [6, 6.07) is 0. The topological polar surface area (TPSA) is 67.1 Å². The van der Waals surface area contributed by atoms with Crippen LogP contribution in [0.1, 0.15) is 50.2 Å². The molecule has 1 aromatic heterocycles. The fraction of sp³-hybridized carbons (Fsp3) is 0.800. The van der Waals surface area contributed by atoms with Crippen molar-refractivity contribution in [1.29, 1.82) is 0 Å². The zero-order chi connectivity index (χ0) is 15.1. The van der Waals surface area contributed by atoms with Crippen molar-refractivity contribution in [3.05, 3.63) is 11.6 Å². The van der Waals surface area contributed by atoms with Crippen molar-refractivity contribution in [2.75, 3.05) is 13.6 Å². The lowest BCUT2D eigenvalue weighted by molar-refractivity contribution is 0.481. The minimum atomic E-state index is 0. The molecule has 7 heteroatoms. The number of hydrogen-bond donors (Lipinski definition) is 2. The first-order valence-electron chi connectivity index (χ1n) is 8.00. The summed E-state index contributed by atoms with van der Waals surface area (Å²) in [5.74, 6) is 3.64. The van der Waals surface area contributed by atoms with Crippen LogP contribution in [0.3, 0.4) is 0 Å². The average Bonchev–Trinajstić information content (AvgIpc) is 3.11. The number of rotatable bonds is 6. The third-order valence-electron chi connectivity index (χ3n) is 4.38. The van der Waals surface area contributed by atoms with Crippen molar-refractivity contribution in [3.8, 4) is 0 Å². The summed E-state index contributed by atoms with van der Waals surface area (Å²) in [6.07, 6.45) is 8.27. The highest BCUT2D eigenvalue weighted by Crippen LogP contribution is 2.28. The Morgan fingerprint density at radius 2 is 2.00 bits per heavy atom. The Kier molecular flexibility index (Phi) is 8.74. The normalized spacial score (nSPS) is 15.7. The molecular weight excluding hydrogens is 391 g/mol. The van der Waals surface area contributed by atoms with Gasteiger partial charge in [-0.25, -0.2) is 0 Å². The van der Waals surface area contributed by atoms with Gasteiger partial charge < -0.3 is 15.2 Å². The van der Waals surface area contributed by atoms with Gasteiger partial charge in [0.2, 0.25) is 0 Å². The van der Waals surface area contributed by atoms with Crippen molar-refractivity contribution in [2.45, 2.75) is 52.0 Å². The molecule has 2 rings (SSSR count). The van der Waals surface area contributed by atoms with E-state index < -0.39 is 0 Å². The molecule has 1 fully saturated rings. The van der Waals surface area contributed by atoms with Gasteiger partial charge in [0, 0.05) is 20.6 Å². The second-order valence-corrected chi connectivity index (χ2v) is 5.87. The third kappa shape index (κ3) is 5.73. The fourth-order valence-electron chi connectivity index (χ4n) is 2.88. The molecule has 0 aliphatic heterocycles. The molecule has 0 radical (unpaired) electrons. The van der Waals surface area contributed by atoms with Crippen molar-refractivity contribution in [1.82, 2.24) is 25.4 Å². The maximum atomic E-state index is 4.25. The number of nitrogens with zero attached hydrogens (tertiary/aromatic N) is 4. The van der Waals surface area contributed by atoms with E-state index in [9.17, 15) is 0 Å². The van der Waals surface area contributed by atoms with E-state index in [1.807, 2.05) is 18.5 Å². The van der Waals surface area contributed by atoms with Gasteiger partial charge in [-0.3, -0.25) is 4.99 Å². The molecule has 6 nitrogen and oxygen atoms in total. The first-order chi connectivity index (χ1) is 10.2. The Balaban J connectivity index is 0.00000242. The zero-order valence-electron chi connectivity index (χ0n) is 13.9. The molecule has 0 atom stereocenters. The molecule has 1 aliphatic carbocycles. The highest BCUT2D eigenvalue weighted by molar-refractivity contribution is 14.0. The van der Waals surface area contributed by atoms with Gasteiger partial charge in [0.05, 0.1) is 6.54 Å². The van der Waals surface area contributed by atoms with Crippen LogP contribution >= 0.6 is 24.0 Å². The summed E-state index contributed by atoms with van der Waals surface area (Å²) in [7, 11) is 3.78. The van der Waals surface area contributed by atoms with Gasteiger partial charge in [0.1, 0.15) is 5.82 Å². The molecule has 1 aromatic rings. The quantitative estimate of drug-likeness (QED) is 0.321. The van der Waals surface area contributed by atoms with Gasteiger partial charge in [-0.2, -0.15) is 0 Å². The van der Waals surface area contributed by atoms with E-state index in [1.165, 1.54) is 38.5 Å². The first kappa shape index (κ1) is 19.2. The Morgan fingerprint density at radius 1 is 1.27 bits per heavy atom. The SMILES string of the molecule is CN=C(NCCCC1CCCC1)NCc1nnc(C)n1C.I. The Bertz CT molecular complexity index is 465. The molecule has 126 valence electrons. The first-order valence-corrected chi connectivity index (χ1v) is 8.00. The number of aromatic nitrogens is 3. The van der Waals surface area contributed by atoms with E-state index >= 15 is 0 Å². The van der Waals surface area contributed by atoms with Crippen LogP contribution in [0.2, 0.25) is 0 Å². The molecule has 22 heavy (non-hydrogen) atoms. The van der Waals surface area contributed by atoms with Crippen LogP contribution in [-0.4, -0.2) is 34.3 Å². The van der Waals surface area contributed by atoms with Crippen LogP contribution in [0.4, 0.5) is 0 Å². The van der Waals surface area contributed by atoms with Crippen molar-refractivity contribution < 1.29 is 0 Å². The highest BCUT2D eigenvalue weighted by Gasteiger charge is 2.14. The van der Waals surface area contributed by atoms with Gasteiger partial charge in [0.15, 0.2) is 11.8 Å². The van der Waals surface area contributed by atoms with Crippen LogP contribution in [0.5, 0.6) is 0 Å². The molecule has 0 aromatic carbocycles. The molecule has 0 saturated heterocycles. The largest absolute Gasteiger partial charge is 0.356 e. The van der Waals surface area contributed by atoms with Crippen LogP contribution in [-0.2, 0) is 13.6 Å². The van der Waals surface area contributed by atoms with E-state index in [4.69, 9.17) is 0 Å². The minimum Gasteiger partial charge on any atom is -0.356 e. The summed E-state index contributed by atoms with van der Waals surface area (Å²) in [5, 5.41) is 14.8. The van der Waals surface area contributed by atoms with E-state index in [1.54, 1.807) is 7.05 Å². The Morgan fingerprint density at radius 3 is 2.59 bits per heavy atom. The highest BCUT2D eigenvalue weighted by atomic mass is 127. The Labute approximate surface area is 150 Å². The molecule has 0 amide bonds. The van der Waals surface area contributed by atoms with E-state index in [0.29, 0.717) is 6.54 Å². The van der Waals surface area contributed by atoms with Crippen LogP contribution in [0, 0.1) is 12.8 Å². The number of guanidine groups is 1. The minimum absolute atomic E-state index is 0. The van der Waals surface area contributed by atoms with Gasteiger partial charge in [-0.05, 0) is 25.7 Å². The summed E-state index contributed by atoms with van der Waals surface area (Å²) >= 11 is 0. The smallest absolute Gasteiger partial charge is 0.191 e. The molecule has 1 aliphatic rings. The fourth-order valence-corrected chi connectivity index (χ4v) is 2.88. The molecule has 0 unspecified atom stereocenters. The average molecular weight is 420 g/mol. The molecule has 1 heterocycles. The standard InChI is InChI=1S/C15H28N6.HI/c1-12-19-20-14(21(12)3)11-18-15(16-2)17-10-6-9-13-7-4-5-8-13;/h13H,4-11H2,1-3H3,(H2,16,17,18);1H. The van der Waals surface area contributed by atoms with Gasteiger partial charge in [0.25, 0.3) is 0 Å². The lowest BCUT2D eigenvalue weighted by atomic mass is 10.0. The summed E-state index contributed by atoms with van der Waals surface area (Å²) in [4.78, 5) is 4.25. The number of nitrogens with one attached hydrogen (secondary N) is 2. The predicted molar refractivity (Wildman–Crippen MR) is 101 cm³/mol. The second kappa shape index (κ2) is 10.0. The number of halogens is 1. The van der Waals surface area contributed by atoms with E-state index in [-0.39, 0.29) is 24.0 Å². The summed E-state index contributed by atoms with van der Waals surface area (Å²) in [6.45, 7) is 3.57. The third-order valence-corrected chi connectivity index (χ3v) is 4.38. The Hall–Kier alpha value is -0.860. The zero-order valence-corrected chi connectivity index (χ0v) is 16.3. The van der Waals surface area contributed by atoms with Gasteiger partial charge >= 0.3 is 0 Å². The van der Waals surface area contributed by atoms with Crippen molar-refractivity contribution >= 4 is 29.9 Å². The lowest BCUT2D eigenvalue weighted by Gasteiger charge is -2.13. The van der Waals surface area contributed by atoms with E-state index in [2.05, 4.69) is 25.8 Å². The maximum absolute atomic E-state index is 4.25. The monoisotopic (exact) mass is 420 g/mol. The maximum Gasteiger partial charge on any atom is 0.191 e. The van der Waals surface area contributed by atoms with Crippen molar-refractivity contribution in [3.63, 3.8) is 0 Å². The number of hydrogen-bond acceptors (Lipinski definition) is 3. The second-order valence-electron chi connectivity index (χ2n) is 5.87. The summed E-state index contributed by atoms with van der Waals surface area (Å²) < 4.78 is 1.99. The molecule has 0 spiro atoms. The molecule has 1 saturated carbocycles. The number of aryl methyl sites for hydroxylation is 1. The van der Waals surface area contributed by atoms with Crippen LogP contribution in [0.25, 0.3) is 0 Å². The molecule has 2 N–H and O–H groups in total. The molecular formula is C15H29IN6. The number of aliphatic imine (C=N–C) groups is 1. The van der Waals surface area contributed by atoms with Crippen LogP contribution in [0.15, 0.2) is 4.99 Å². The van der Waals surface area contributed by atoms with Gasteiger partial charge in [-0.15, -0.1) is 34.2 Å². The molecule has 0 bridgehead atoms. The van der Waals surface area contributed by atoms with Crippen molar-refractivity contribution in [2.24, 2.45) is 18.0 Å². The van der Waals surface area contributed by atoms with Gasteiger partial charge in [-0.1, -0.05) is 25.7 Å². The van der Waals surface area contributed by atoms with Crippen LogP contribution < -0.4 is 10.6 Å². The predicted octanol–water partition coefficient (Wildman–Crippen LogP) is 2.38. The van der Waals surface area contributed by atoms with E-state index in [0.717, 1.165) is 30.1 Å². The lowest BCUT2D eigenvalue weighted by Crippen LogP contribution is -2.37. The summed E-state index contributed by atoms with van der Waals surface area (Å²) in [5.41, 5.74) is 0.